The lowest BCUT2D eigenvalue weighted by Gasteiger charge is -2.23. The highest BCUT2D eigenvalue weighted by Crippen LogP contribution is 2.59. The third-order valence-corrected chi connectivity index (χ3v) is 21.6. The van der Waals surface area contributed by atoms with Gasteiger partial charge in [0.25, 0.3) is 0 Å². The number of hydrogen-bond donors (Lipinski definition) is 0. The van der Waals surface area contributed by atoms with E-state index >= 15 is 0 Å². The first kappa shape index (κ1) is 38.2. The standard InChI is InChI=1S/C24H2Br16O/c25-3-1-5(27)11(29)13(31)7(3)9-15(33)19(37)21(39)23(17(9)35)41-24-18(36)10(16(34)20(38)22(24)40)8-4(26)2-6(28)12(30)14(8)32/h1-2H. The van der Waals surface area contributed by atoms with Crippen LogP contribution in [-0.4, -0.2) is 0 Å². The Labute approximate surface area is 370 Å². The van der Waals surface area contributed by atoms with Gasteiger partial charge in [-0.25, -0.2) is 0 Å². The highest BCUT2D eigenvalue weighted by atomic mass is 79.9. The van der Waals surface area contributed by atoms with Crippen LogP contribution in [0.15, 0.2) is 83.7 Å². The van der Waals surface area contributed by atoms with Crippen LogP contribution in [0.4, 0.5) is 0 Å². The van der Waals surface area contributed by atoms with E-state index in [4.69, 9.17) is 4.74 Å². The first-order chi connectivity index (χ1) is 19.0. The molecule has 0 radical (unpaired) electrons. The van der Waals surface area contributed by atoms with Crippen molar-refractivity contribution in [3.8, 4) is 33.8 Å². The van der Waals surface area contributed by atoms with E-state index in [2.05, 4.69) is 255 Å². The first-order valence-corrected chi connectivity index (χ1v) is 22.8. The quantitative estimate of drug-likeness (QED) is 0.146. The second-order valence-corrected chi connectivity index (χ2v) is 20.6. The van der Waals surface area contributed by atoms with Crippen LogP contribution < -0.4 is 4.74 Å². The molecule has 4 aromatic carbocycles. The van der Waals surface area contributed by atoms with E-state index in [0.29, 0.717) is 29.4 Å². The van der Waals surface area contributed by atoms with Gasteiger partial charge in [-0.3, -0.25) is 0 Å². The van der Waals surface area contributed by atoms with E-state index in [1.165, 1.54) is 0 Å². The molecule has 0 bridgehead atoms. The molecule has 0 aliphatic heterocycles. The van der Waals surface area contributed by atoms with Crippen molar-refractivity contribution >= 4 is 255 Å². The lowest BCUT2D eigenvalue weighted by molar-refractivity contribution is 0.470. The van der Waals surface area contributed by atoms with Gasteiger partial charge in [-0.05, 0) is 235 Å². The van der Waals surface area contributed by atoms with Gasteiger partial charge in [-0.1, -0.05) is 31.9 Å². The normalized spacial score (nSPS) is 11.4. The molecule has 0 N–H and O–H groups in total. The van der Waals surface area contributed by atoms with Crippen molar-refractivity contribution in [3.63, 3.8) is 0 Å². The molecule has 4 rings (SSSR count). The van der Waals surface area contributed by atoms with Gasteiger partial charge in [-0.2, -0.15) is 0 Å². The van der Waals surface area contributed by atoms with Crippen LogP contribution in [0, 0.1) is 0 Å². The zero-order valence-electron chi connectivity index (χ0n) is 18.6. The van der Waals surface area contributed by atoms with Crippen LogP contribution in [0.1, 0.15) is 0 Å². The van der Waals surface area contributed by atoms with Crippen molar-refractivity contribution in [2.75, 3.05) is 0 Å². The molecule has 1 nitrogen and oxygen atoms in total. The van der Waals surface area contributed by atoms with Gasteiger partial charge < -0.3 is 4.74 Å². The topological polar surface area (TPSA) is 9.23 Å². The van der Waals surface area contributed by atoms with Crippen molar-refractivity contribution in [1.82, 2.24) is 0 Å². The average molecular weight is 1580 g/mol. The van der Waals surface area contributed by atoms with E-state index < -0.39 is 0 Å². The summed E-state index contributed by atoms with van der Waals surface area (Å²) in [6, 6.07) is 3.97. The van der Waals surface area contributed by atoms with Crippen LogP contribution in [-0.2, 0) is 0 Å². The molecule has 0 atom stereocenters. The van der Waals surface area contributed by atoms with E-state index in [9.17, 15) is 0 Å². The molecule has 0 heterocycles. The molecule has 0 spiro atoms. The maximum absolute atomic E-state index is 6.77. The van der Waals surface area contributed by atoms with Crippen molar-refractivity contribution in [2.45, 2.75) is 0 Å². The largest absolute Gasteiger partial charge is 0.452 e. The smallest absolute Gasteiger partial charge is 0.157 e. The van der Waals surface area contributed by atoms with Crippen molar-refractivity contribution in [2.24, 2.45) is 0 Å². The summed E-state index contributed by atoms with van der Waals surface area (Å²) in [6.45, 7) is 0. The molecule has 0 aliphatic rings. The lowest BCUT2D eigenvalue weighted by Crippen LogP contribution is -1.98. The van der Waals surface area contributed by atoms with E-state index in [1.54, 1.807) is 0 Å². The Morgan fingerprint density at radius 1 is 0.268 bits per heavy atom. The Bertz CT molecular complexity index is 1650. The molecule has 41 heavy (non-hydrogen) atoms. The van der Waals surface area contributed by atoms with Gasteiger partial charge in [0, 0.05) is 67.0 Å². The molecule has 0 amide bonds. The third kappa shape index (κ3) is 7.31. The zero-order chi connectivity index (χ0) is 30.8. The van der Waals surface area contributed by atoms with Gasteiger partial charge in [-0.15, -0.1) is 0 Å². The number of ether oxygens (including phenoxy) is 1. The summed E-state index contributed by atoms with van der Waals surface area (Å²) in [5.74, 6) is 1.09. The van der Waals surface area contributed by atoms with Crippen molar-refractivity contribution in [1.29, 1.82) is 0 Å². The Balaban J connectivity index is 2.05. The minimum absolute atomic E-state index is 0.546. The molecular weight excluding hydrogens is 1580 g/mol. The second-order valence-electron chi connectivity index (χ2n) is 7.71. The molecule has 4 aromatic rings. The molecule has 0 aromatic heterocycles. The summed E-state index contributed by atoms with van der Waals surface area (Å²) in [6.07, 6.45) is 0. The summed E-state index contributed by atoms with van der Waals surface area (Å²) in [5, 5.41) is 0. The molecule has 0 saturated heterocycles. The van der Waals surface area contributed by atoms with Gasteiger partial charge in [0.15, 0.2) is 11.5 Å². The Hall–Kier alpha value is 4.36. The molecule has 0 aliphatic carbocycles. The van der Waals surface area contributed by atoms with E-state index in [-0.39, 0.29) is 0 Å². The van der Waals surface area contributed by atoms with Gasteiger partial charge in [0.2, 0.25) is 0 Å². The predicted molar refractivity (Wildman–Crippen MR) is 227 cm³/mol. The number of rotatable bonds is 4. The fraction of sp³-hybridized carbons (Fsp3) is 0. The van der Waals surface area contributed by atoms with Crippen LogP contribution in [0.3, 0.4) is 0 Å². The predicted octanol–water partition coefficient (Wildman–Crippen LogP) is 19.0. The van der Waals surface area contributed by atoms with Crippen LogP contribution >= 0.6 is 255 Å². The fourth-order valence-electron chi connectivity index (χ4n) is 3.54. The highest BCUT2D eigenvalue weighted by molar-refractivity contribution is 9.16. The summed E-state index contributed by atoms with van der Waals surface area (Å²) in [5.41, 5.74) is 3.52. The summed E-state index contributed by atoms with van der Waals surface area (Å²) >= 11 is 59.8. The molecule has 0 saturated carbocycles. The van der Waals surface area contributed by atoms with Crippen molar-refractivity contribution < 1.29 is 4.74 Å². The molecule has 0 unspecified atom stereocenters. The SMILES string of the molecule is Brc1cc(Br)c(-c2c(Br)c(Br)c(Br)c(Oc3c(Br)c(Br)c(Br)c(-c4c(Br)cc(Br)c(Br)c4Br)c3Br)c2Br)c(Br)c1Br. The monoisotopic (exact) mass is 1570 g/mol. The van der Waals surface area contributed by atoms with Gasteiger partial charge in [0.05, 0.1) is 26.8 Å². The average Bonchev–Trinajstić information content (AvgIpc) is 2.91. The van der Waals surface area contributed by atoms with Crippen molar-refractivity contribution in [3.05, 3.63) is 83.7 Å². The number of hydrogen-bond acceptors (Lipinski definition) is 1. The maximum Gasteiger partial charge on any atom is 0.157 e. The highest BCUT2D eigenvalue weighted by Gasteiger charge is 2.30. The molecule has 0 fully saturated rings. The van der Waals surface area contributed by atoms with Crippen LogP contribution in [0.5, 0.6) is 11.5 Å². The summed E-state index contributed by atoms with van der Waals surface area (Å²) in [4.78, 5) is 0. The third-order valence-electron chi connectivity index (χ3n) is 5.38. The van der Waals surface area contributed by atoms with Crippen LogP contribution in [0.2, 0.25) is 0 Å². The number of halogens is 16. The Morgan fingerprint density at radius 2 is 0.561 bits per heavy atom. The van der Waals surface area contributed by atoms with E-state index in [1.807, 2.05) is 12.1 Å². The van der Waals surface area contributed by atoms with Gasteiger partial charge >= 0.3 is 0 Å². The Kier molecular flexibility index (Phi) is 14.4. The van der Waals surface area contributed by atoms with E-state index in [0.717, 1.165) is 75.9 Å². The summed E-state index contributed by atoms with van der Waals surface area (Å²) < 4.78 is 19.8. The minimum Gasteiger partial charge on any atom is -0.452 e. The second kappa shape index (κ2) is 15.5. The molecular formula is C24H2Br16O. The molecule has 17 heteroatoms. The lowest BCUT2D eigenvalue weighted by atomic mass is 10.0. The fourth-order valence-corrected chi connectivity index (χ4v) is 15.0. The van der Waals surface area contributed by atoms with Crippen LogP contribution in [0.25, 0.3) is 22.3 Å². The molecule has 216 valence electrons. The first-order valence-electron chi connectivity index (χ1n) is 10.1. The van der Waals surface area contributed by atoms with Gasteiger partial charge in [0.1, 0.15) is 0 Å². The minimum atomic E-state index is 0.546. The summed E-state index contributed by atoms with van der Waals surface area (Å²) in [7, 11) is 0. The zero-order valence-corrected chi connectivity index (χ0v) is 44.0. The maximum atomic E-state index is 6.77. The number of benzene rings is 4. The Morgan fingerprint density at radius 3 is 0.878 bits per heavy atom.